The largest absolute Gasteiger partial charge is 0.339 e. The lowest BCUT2D eigenvalue weighted by Gasteiger charge is -2.49. The smallest absolute Gasteiger partial charge is 0.255 e. The van der Waals surface area contributed by atoms with Gasteiger partial charge in [0.05, 0.1) is 17.9 Å². The van der Waals surface area contributed by atoms with Crippen LogP contribution in [0.5, 0.6) is 0 Å². The molecule has 2 aromatic carbocycles. The van der Waals surface area contributed by atoms with E-state index in [0.29, 0.717) is 12.1 Å². The molecule has 0 aromatic heterocycles. The second-order valence-electron chi connectivity index (χ2n) is 8.92. The zero-order chi connectivity index (χ0) is 23.5. The van der Waals surface area contributed by atoms with Gasteiger partial charge in [-0.05, 0) is 36.8 Å². The normalized spacial score (nSPS) is 28.5. The van der Waals surface area contributed by atoms with E-state index in [1.807, 2.05) is 37.3 Å². The Labute approximate surface area is 200 Å². The molecule has 3 heterocycles. The number of halogens is 1. The van der Waals surface area contributed by atoms with Crippen LogP contribution < -0.4 is 0 Å². The van der Waals surface area contributed by atoms with Gasteiger partial charge in [-0.3, -0.25) is 24.1 Å². The fourth-order valence-corrected chi connectivity index (χ4v) is 6.12. The van der Waals surface area contributed by atoms with Gasteiger partial charge in [0.1, 0.15) is 5.54 Å². The van der Waals surface area contributed by atoms with Crippen molar-refractivity contribution in [2.75, 3.05) is 20.1 Å². The first kappa shape index (κ1) is 21.8. The molecule has 4 atom stereocenters. The summed E-state index contributed by atoms with van der Waals surface area (Å²) in [5, 5.41) is 0. The van der Waals surface area contributed by atoms with E-state index in [2.05, 4.69) is 15.9 Å². The number of carbonyl (C=O) groups excluding carboxylic acids is 4. The number of imide groups is 1. The molecule has 0 N–H and O–H groups in total. The summed E-state index contributed by atoms with van der Waals surface area (Å²) in [5.41, 5.74) is -0.190. The average molecular weight is 510 g/mol. The van der Waals surface area contributed by atoms with Crippen molar-refractivity contribution in [3.8, 4) is 0 Å². The summed E-state index contributed by atoms with van der Waals surface area (Å²) in [5.74, 6) is -2.92. The minimum atomic E-state index is -1.45. The van der Waals surface area contributed by atoms with Gasteiger partial charge in [-0.1, -0.05) is 46.3 Å². The van der Waals surface area contributed by atoms with Gasteiger partial charge in [0.15, 0.2) is 0 Å². The van der Waals surface area contributed by atoms with Crippen molar-refractivity contribution in [2.45, 2.75) is 24.9 Å². The van der Waals surface area contributed by atoms with E-state index >= 15 is 0 Å². The maximum absolute atomic E-state index is 14.1. The molecule has 3 aliphatic rings. The predicted molar refractivity (Wildman–Crippen MR) is 124 cm³/mol. The van der Waals surface area contributed by atoms with Crippen LogP contribution in [0, 0.1) is 11.8 Å². The Bertz CT molecular complexity index is 1150. The highest BCUT2D eigenvalue weighted by atomic mass is 79.9. The number of fused-ring (bicyclic) bond motifs is 5. The Morgan fingerprint density at radius 3 is 2.33 bits per heavy atom. The van der Waals surface area contributed by atoms with Crippen LogP contribution in [0.1, 0.15) is 22.8 Å². The van der Waals surface area contributed by atoms with Crippen LogP contribution in [0.3, 0.4) is 0 Å². The highest BCUT2D eigenvalue weighted by molar-refractivity contribution is 9.10. The van der Waals surface area contributed by atoms with Crippen LogP contribution in [0.4, 0.5) is 0 Å². The Morgan fingerprint density at radius 1 is 1.03 bits per heavy atom. The lowest BCUT2D eigenvalue weighted by Crippen LogP contribution is -2.70. The van der Waals surface area contributed by atoms with Crippen molar-refractivity contribution in [1.29, 1.82) is 0 Å². The molecule has 8 heteroatoms. The second kappa shape index (κ2) is 7.80. The summed E-state index contributed by atoms with van der Waals surface area (Å²) < 4.78 is 0.830. The number of benzene rings is 2. The minimum Gasteiger partial charge on any atom is -0.339 e. The van der Waals surface area contributed by atoms with E-state index in [4.69, 9.17) is 0 Å². The SMILES string of the molecule is CCN1C[C@@H]2[C@@H]3C(=O)N(C)C(=O)[C@@H]3[C@](Cc3ccccc3)(C1=O)N2C(=O)c1ccc(Br)cc1. The van der Waals surface area contributed by atoms with Crippen LogP contribution in [0.25, 0.3) is 0 Å². The fourth-order valence-electron chi connectivity index (χ4n) is 5.86. The third kappa shape index (κ3) is 3.00. The van der Waals surface area contributed by atoms with Gasteiger partial charge in [-0.2, -0.15) is 0 Å². The van der Waals surface area contributed by atoms with Crippen LogP contribution in [-0.4, -0.2) is 70.0 Å². The summed E-state index contributed by atoms with van der Waals surface area (Å²) in [6, 6.07) is 15.8. The Kier molecular flexibility index (Phi) is 5.16. The highest BCUT2D eigenvalue weighted by Gasteiger charge is 2.74. The Hall–Kier alpha value is -3.00. The molecular formula is C25H24BrN3O4. The zero-order valence-electron chi connectivity index (χ0n) is 18.4. The molecule has 0 aliphatic carbocycles. The molecular weight excluding hydrogens is 486 g/mol. The minimum absolute atomic E-state index is 0.177. The standard InChI is InChI=1S/C25H24BrN3O4/c1-3-28-14-18-19-20(23(32)27(2)22(19)31)25(24(28)33,13-15-7-5-4-6-8-15)29(18)21(30)16-9-11-17(26)12-10-16/h4-12,18-20H,3,13-14H2,1-2H3/t18-,19+,20-,25-/m1/s1. The summed E-state index contributed by atoms with van der Waals surface area (Å²) in [6.07, 6.45) is 0.177. The van der Waals surface area contributed by atoms with Crippen LogP contribution in [0.2, 0.25) is 0 Å². The molecule has 0 radical (unpaired) electrons. The molecule has 3 fully saturated rings. The first-order chi connectivity index (χ1) is 15.8. The van der Waals surface area contributed by atoms with Gasteiger partial charge in [0.25, 0.3) is 5.91 Å². The summed E-state index contributed by atoms with van der Waals surface area (Å²) in [7, 11) is 1.47. The summed E-state index contributed by atoms with van der Waals surface area (Å²) >= 11 is 3.39. The molecule has 3 saturated heterocycles. The van der Waals surface area contributed by atoms with Gasteiger partial charge < -0.3 is 9.80 Å². The van der Waals surface area contributed by atoms with Crippen molar-refractivity contribution in [2.24, 2.45) is 11.8 Å². The molecule has 0 unspecified atom stereocenters. The fraction of sp³-hybridized carbons (Fsp3) is 0.360. The molecule has 3 aliphatic heterocycles. The zero-order valence-corrected chi connectivity index (χ0v) is 20.0. The number of carbonyl (C=O) groups is 4. The lowest BCUT2D eigenvalue weighted by atomic mass is 9.75. The van der Waals surface area contributed by atoms with Gasteiger partial charge in [-0.15, -0.1) is 0 Å². The van der Waals surface area contributed by atoms with E-state index in [1.54, 1.807) is 34.1 Å². The maximum Gasteiger partial charge on any atom is 0.255 e. The molecule has 0 saturated carbocycles. The first-order valence-electron chi connectivity index (χ1n) is 11.0. The van der Waals surface area contributed by atoms with Crippen molar-refractivity contribution < 1.29 is 19.2 Å². The van der Waals surface area contributed by atoms with Crippen molar-refractivity contribution in [3.63, 3.8) is 0 Å². The molecule has 170 valence electrons. The monoisotopic (exact) mass is 509 g/mol. The number of piperazine rings is 1. The first-order valence-corrected chi connectivity index (χ1v) is 11.8. The van der Waals surface area contributed by atoms with E-state index in [1.165, 1.54) is 7.05 Å². The van der Waals surface area contributed by atoms with Crippen molar-refractivity contribution >= 4 is 39.6 Å². The van der Waals surface area contributed by atoms with E-state index in [0.717, 1.165) is 14.9 Å². The molecule has 2 bridgehead atoms. The van der Waals surface area contributed by atoms with Gasteiger partial charge in [-0.25, -0.2) is 0 Å². The van der Waals surface area contributed by atoms with E-state index in [-0.39, 0.29) is 36.6 Å². The number of hydrogen-bond donors (Lipinski definition) is 0. The van der Waals surface area contributed by atoms with Crippen LogP contribution >= 0.6 is 15.9 Å². The molecule has 0 spiro atoms. The molecule has 2 aromatic rings. The van der Waals surface area contributed by atoms with Gasteiger partial charge in [0, 0.05) is 36.6 Å². The molecule has 4 amide bonds. The molecule has 7 nitrogen and oxygen atoms in total. The maximum atomic E-state index is 14.1. The third-order valence-electron chi connectivity index (χ3n) is 7.34. The average Bonchev–Trinajstić information content (AvgIpc) is 3.19. The third-order valence-corrected chi connectivity index (χ3v) is 7.86. The number of nitrogens with zero attached hydrogens (tertiary/aromatic N) is 3. The summed E-state index contributed by atoms with van der Waals surface area (Å²) in [6.45, 7) is 2.57. The number of likely N-dealkylation sites (tertiary alicyclic amines) is 2. The Morgan fingerprint density at radius 2 is 1.70 bits per heavy atom. The quantitative estimate of drug-likeness (QED) is 0.592. The second-order valence-corrected chi connectivity index (χ2v) is 9.83. The van der Waals surface area contributed by atoms with Gasteiger partial charge >= 0.3 is 0 Å². The van der Waals surface area contributed by atoms with Crippen molar-refractivity contribution in [1.82, 2.24) is 14.7 Å². The topological polar surface area (TPSA) is 78.0 Å². The van der Waals surface area contributed by atoms with Crippen LogP contribution in [0.15, 0.2) is 59.1 Å². The number of amides is 4. The van der Waals surface area contributed by atoms with E-state index < -0.39 is 23.4 Å². The molecule has 5 rings (SSSR count). The highest BCUT2D eigenvalue weighted by Crippen LogP contribution is 2.53. The number of hydrogen-bond acceptors (Lipinski definition) is 4. The van der Waals surface area contributed by atoms with Gasteiger partial charge in [0.2, 0.25) is 17.7 Å². The number of rotatable bonds is 4. The molecule has 33 heavy (non-hydrogen) atoms. The van der Waals surface area contributed by atoms with Crippen LogP contribution in [-0.2, 0) is 20.8 Å². The summed E-state index contributed by atoms with van der Waals surface area (Å²) in [4.78, 5) is 59.1. The number of likely N-dealkylation sites (N-methyl/N-ethyl adjacent to an activating group) is 1. The lowest BCUT2D eigenvalue weighted by molar-refractivity contribution is -0.155. The van der Waals surface area contributed by atoms with Crippen molar-refractivity contribution in [3.05, 3.63) is 70.2 Å². The Balaban J connectivity index is 1.72. The predicted octanol–water partition coefficient (Wildman–Crippen LogP) is 2.35. The van der Waals surface area contributed by atoms with E-state index in [9.17, 15) is 19.2 Å².